The molecule has 1 aromatic heterocycles. The maximum Gasteiger partial charge on any atom is 0.143 e. The van der Waals surface area contributed by atoms with Gasteiger partial charge < -0.3 is 19.9 Å². The van der Waals surface area contributed by atoms with Gasteiger partial charge in [0.15, 0.2) is 0 Å². The van der Waals surface area contributed by atoms with Crippen LogP contribution in [-0.2, 0) is 44.0 Å². The van der Waals surface area contributed by atoms with Gasteiger partial charge in [0.05, 0.1) is 13.5 Å². The predicted octanol–water partition coefficient (Wildman–Crippen LogP) is 1.43. The van der Waals surface area contributed by atoms with Crippen LogP contribution in [0.15, 0.2) is 10.5 Å². The summed E-state index contributed by atoms with van der Waals surface area (Å²) >= 11 is 1.64. The summed E-state index contributed by atoms with van der Waals surface area (Å²) in [5.41, 5.74) is 0. The minimum absolute atomic E-state index is 0. The van der Waals surface area contributed by atoms with E-state index in [1.165, 1.54) is 0 Å². The van der Waals surface area contributed by atoms with Gasteiger partial charge in [0, 0.05) is 56.3 Å². The van der Waals surface area contributed by atoms with Gasteiger partial charge in [-0.05, 0) is 13.3 Å². The minimum atomic E-state index is -0.0525. The number of aromatic nitrogens is 1. The van der Waals surface area contributed by atoms with Crippen LogP contribution >= 0.6 is 21.8 Å². The van der Waals surface area contributed by atoms with Crippen LogP contribution in [0.3, 0.4) is 0 Å². The molecule has 8 heteroatoms. The molecule has 97 valence electrons. The normalized spacial score (nSPS) is 17.6. The van der Waals surface area contributed by atoms with Gasteiger partial charge in [0.1, 0.15) is 4.34 Å². The van der Waals surface area contributed by atoms with E-state index in [9.17, 15) is 5.41 Å². The average molecular weight is 360 g/mol. The van der Waals surface area contributed by atoms with E-state index in [0.29, 0.717) is 20.0 Å². The topological polar surface area (TPSA) is 50.9 Å². The molecule has 1 fully saturated rings. The molecule has 0 bridgehead atoms. The zero-order valence-corrected chi connectivity index (χ0v) is 15.0. The summed E-state index contributed by atoms with van der Waals surface area (Å²) in [5.74, 6) is 4.22. The Morgan fingerprint density at radius 2 is 2.33 bits per heavy atom. The van der Waals surface area contributed by atoms with Gasteiger partial charge in [-0.1, -0.05) is 5.87 Å². The second kappa shape index (κ2) is 7.10. The van der Waals surface area contributed by atoms with Gasteiger partial charge >= 0.3 is 0 Å². The third-order valence-corrected chi connectivity index (χ3v) is 4.92. The first-order valence-corrected chi connectivity index (χ1v) is 7.70. The first-order valence-electron chi connectivity index (χ1n) is 5.08. The first kappa shape index (κ1) is 16.2. The maximum absolute atomic E-state index is 9.88. The number of hydrogen-bond donors (Lipinski definition) is 0. The smallest absolute Gasteiger partial charge is 0.143 e. The summed E-state index contributed by atoms with van der Waals surface area (Å²) in [7, 11) is 1.74. The first-order chi connectivity index (χ1) is 8.08. The van der Waals surface area contributed by atoms with Crippen molar-refractivity contribution in [1.82, 2.24) is 14.8 Å². The number of rotatable bonds is 3. The number of guanidine groups is 1. The summed E-state index contributed by atoms with van der Waals surface area (Å²) in [5, 5.41) is 9.88. The van der Waals surface area contributed by atoms with Crippen LogP contribution in [0.25, 0.3) is 5.41 Å². The number of hydrogen-bond acceptors (Lipinski definition) is 3. The minimum Gasteiger partial charge on any atom is -0.406 e. The average Bonchev–Trinajstić information content (AvgIpc) is 2.73. The van der Waals surface area contributed by atoms with E-state index in [0.717, 1.165) is 9.22 Å². The standard InChI is InChI=1S/C10H15N4OS2.Y/c1-13-6-15-7-14(9(13)11)5-8-4-12-10(16-8)17(2)3;/h4H,2,5-7H2,1,3H3;/q-1;. The summed E-state index contributed by atoms with van der Waals surface area (Å²) < 4.78 is 6.38. The Labute approximate surface area is 139 Å². The Morgan fingerprint density at radius 3 is 2.94 bits per heavy atom. The molecule has 0 aliphatic carbocycles. The zero-order valence-electron chi connectivity index (χ0n) is 10.5. The summed E-state index contributed by atoms with van der Waals surface area (Å²) in [6.07, 6.45) is 3.89. The molecule has 1 unspecified atom stereocenters. The van der Waals surface area contributed by atoms with E-state index in [1.807, 2.05) is 12.5 Å². The fraction of sp³-hybridized carbons (Fsp3) is 0.500. The van der Waals surface area contributed by atoms with E-state index in [2.05, 4.69) is 10.9 Å². The largest absolute Gasteiger partial charge is 0.406 e. The van der Waals surface area contributed by atoms with Crippen molar-refractivity contribution in [3.8, 4) is 0 Å². The monoisotopic (exact) mass is 360 g/mol. The Kier molecular flexibility index (Phi) is 6.40. The van der Waals surface area contributed by atoms with Gasteiger partial charge in [0.2, 0.25) is 0 Å². The van der Waals surface area contributed by atoms with Crippen LogP contribution in [0.1, 0.15) is 4.88 Å². The van der Waals surface area contributed by atoms with Crippen molar-refractivity contribution in [2.24, 2.45) is 0 Å². The van der Waals surface area contributed by atoms with E-state index in [4.69, 9.17) is 4.74 Å². The molecule has 1 radical (unpaired) electrons. The molecule has 1 saturated heterocycles. The summed E-state index contributed by atoms with van der Waals surface area (Å²) in [4.78, 5) is 8.87. The molecule has 0 N–H and O–H groups in total. The van der Waals surface area contributed by atoms with Crippen LogP contribution in [-0.4, -0.2) is 53.4 Å². The molecule has 1 aliphatic heterocycles. The Balaban J connectivity index is 0.00000162. The van der Waals surface area contributed by atoms with E-state index in [-0.39, 0.29) is 49.2 Å². The molecular weight excluding hydrogens is 345 g/mol. The van der Waals surface area contributed by atoms with E-state index < -0.39 is 0 Å². The van der Waals surface area contributed by atoms with Crippen molar-refractivity contribution in [3.05, 3.63) is 16.5 Å². The maximum atomic E-state index is 9.88. The van der Waals surface area contributed by atoms with Gasteiger partial charge in [0.25, 0.3) is 0 Å². The van der Waals surface area contributed by atoms with Crippen LogP contribution in [0, 0.1) is 0 Å². The number of ether oxygens (including phenoxy) is 1. The van der Waals surface area contributed by atoms with Crippen LogP contribution in [0.4, 0.5) is 0 Å². The van der Waals surface area contributed by atoms with E-state index >= 15 is 0 Å². The molecule has 0 aromatic carbocycles. The van der Waals surface area contributed by atoms with Gasteiger partial charge in [-0.25, -0.2) is 4.98 Å². The Bertz CT molecular complexity index is 451. The fourth-order valence-electron chi connectivity index (χ4n) is 1.47. The summed E-state index contributed by atoms with van der Waals surface area (Å²) in [6, 6.07) is 0. The van der Waals surface area contributed by atoms with Crippen molar-refractivity contribution in [3.63, 3.8) is 0 Å². The second-order valence-corrected chi connectivity index (χ2v) is 6.92. The predicted molar refractivity (Wildman–Crippen MR) is 73.5 cm³/mol. The molecular formula is C10H15N4OS2Y-. The number of thiazole rings is 1. The Morgan fingerprint density at radius 1 is 1.61 bits per heavy atom. The van der Waals surface area contributed by atoms with Gasteiger partial charge in [-0.2, -0.15) is 0 Å². The molecule has 18 heavy (non-hydrogen) atoms. The van der Waals surface area contributed by atoms with Crippen molar-refractivity contribution in [1.29, 1.82) is 0 Å². The molecule has 5 nitrogen and oxygen atoms in total. The fourth-order valence-corrected chi connectivity index (χ4v) is 3.25. The quantitative estimate of drug-likeness (QED) is 0.766. The zero-order chi connectivity index (χ0) is 12.4. The third-order valence-electron chi connectivity index (χ3n) is 2.33. The second-order valence-electron chi connectivity index (χ2n) is 3.89. The van der Waals surface area contributed by atoms with Crippen molar-refractivity contribution < 1.29 is 37.4 Å². The molecule has 1 aromatic rings. The van der Waals surface area contributed by atoms with Crippen LogP contribution in [0.5, 0.6) is 0 Å². The molecule has 2 rings (SSSR count). The molecule has 0 saturated carbocycles. The molecule has 1 aliphatic rings. The SMILES string of the molecule is C=S(C)c1ncc(CN2COCN(C)C2=[N-])s1.[Y]. The third kappa shape index (κ3) is 3.84. The van der Waals surface area contributed by atoms with Crippen LogP contribution in [0.2, 0.25) is 0 Å². The van der Waals surface area contributed by atoms with E-state index in [1.54, 1.807) is 28.2 Å². The van der Waals surface area contributed by atoms with Crippen LogP contribution < -0.4 is 0 Å². The molecule has 0 amide bonds. The summed E-state index contributed by atoms with van der Waals surface area (Å²) in [6.45, 7) is 1.45. The van der Waals surface area contributed by atoms with Gasteiger partial charge in [-0.3, -0.25) is 0 Å². The van der Waals surface area contributed by atoms with Gasteiger partial charge in [-0.15, -0.1) is 21.8 Å². The Hall–Kier alpha value is 0.184. The number of nitrogens with zero attached hydrogens (tertiary/aromatic N) is 4. The van der Waals surface area contributed by atoms with Crippen molar-refractivity contribution >= 4 is 33.7 Å². The van der Waals surface area contributed by atoms with Crippen molar-refractivity contribution in [2.75, 3.05) is 26.8 Å². The molecule has 2 heterocycles. The molecule has 0 spiro atoms. The van der Waals surface area contributed by atoms with Crippen molar-refractivity contribution in [2.45, 2.75) is 10.9 Å². The molecule has 1 atom stereocenters.